The molecular weight excluding hydrogens is 691 g/mol. The molecule has 11 aromatic rings. The molecule has 2 heteroatoms. The zero-order valence-corrected chi connectivity index (χ0v) is 30.9. The minimum absolute atomic E-state index is 0.511. The van der Waals surface area contributed by atoms with Gasteiger partial charge in [0.05, 0.1) is 16.5 Å². The molecule has 0 radical (unpaired) electrons. The summed E-state index contributed by atoms with van der Waals surface area (Å²) in [5.41, 5.74) is 15.3. The van der Waals surface area contributed by atoms with Gasteiger partial charge in [-0.05, 0) is 119 Å². The molecule has 57 heavy (non-hydrogen) atoms. The molecule has 2 nitrogen and oxygen atoms in total. The molecule has 13 rings (SSSR count). The van der Waals surface area contributed by atoms with Crippen LogP contribution in [-0.4, -0.2) is 0 Å². The zero-order chi connectivity index (χ0) is 37.2. The van der Waals surface area contributed by atoms with Gasteiger partial charge < -0.3 is 9.32 Å². The molecule has 0 bridgehead atoms. The van der Waals surface area contributed by atoms with Crippen LogP contribution in [0.1, 0.15) is 22.3 Å². The largest absolute Gasteiger partial charge is 0.456 e. The lowest BCUT2D eigenvalue weighted by atomic mass is 9.68. The number of nitrogens with zero attached hydrogens (tertiary/aromatic N) is 1. The summed E-state index contributed by atoms with van der Waals surface area (Å²) in [4.78, 5) is 2.39. The fourth-order valence-corrected chi connectivity index (χ4v) is 10.7. The molecule has 0 unspecified atom stereocenters. The highest BCUT2D eigenvalue weighted by molar-refractivity contribution is 6.22. The Hall–Kier alpha value is -7.42. The summed E-state index contributed by atoms with van der Waals surface area (Å²) in [6.45, 7) is 0. The molecule has 2 aliphatic rings. The summed E-state index contributed by atoms with van der Waals surface area (Å²) in [7, 11) is 0. The monoisotopic (exact) mass is 723 g/mol. The van der Waals surface area contributed by atoms with E-state index in [1.165, 1.54) is 76.8 Å². The van der Waals surface area contributed by atoms with Crippen molar-refractivity contribution < 1.29 is 4.42 Å². The first-order valence-electron chi connectivity index (χ1n) is 19.8. The Morgan fingerprint density at radius 1 is 0.368 bits per heavy atom. The SMILES string of the molecule is c1ccc(N(c2ccc3c4c(ccc3c2)-c2c(c3ccccc3c3ccccc23)C42c3ccccc3-c3ccccc32)c2cccc3oc4ccccc4c23)cc1. The molecule has 2 aliphatic carbocycles. The maximum Gasteiger partial charge on any atom is 0.137 e. The number of anilines is 3. The molecule has 0 saturated heterocycles. The lowest BCUT2D eigenvalue weighted by Gasteiger charge is -2.33. The Morgan fingerprint density at radius 2 is 0.982 bits per heavy atom. The van der Waals surface area contributed by atoms with Crippen LogP contribution in [0.2, 0.25) is 0 Å². The standard InChI is InChI=1S/C55H33NO/c1-2-15-35(16-3-1)56(48-26-14-28-50-52(48)44-23-10-13-27-49(44)57-50)36-30-32-37-34(33-36)29-31-45-51-42-21-6-4-17-38(42)39-18-5-7-22-43(39)54(51)55(53(37)45)46-24-11-8-19-40(46)41-20-9-12-25-47(41)55/h1-33H. The van der Waals surface area contributed by atoms with Crippen molar-refractivity contribution in [2.75, 3.05) is 4.90 Å². The summed E-state index contributed by atoms with van der Waals surface area (Å²) >= 11 is 0. The summed E-state index contributed by atoms with van der Waals surface area (Å²) in [6, 6.07) is 73.7. The molecule has 0 fully saturated rings. The second kappa shape index (κ2) is 11.3. The van der Waals surface area contributed by atoms with E-state index < -0.39 is 5.41 Å². The van der Waals surface area contributed by atoms with Crippen LogP contribution in [0.5, 0.6) is 0 Å². The van der Waals surface area contributed by atoms with Crippen molar-refractivity contribution in [1.29, 1.82) is 0 Å². The third-order valence-electron chi connectivity index (χ3n) is 12.8. The first kappa shape index (κ1) is 30.9. The molecular formula is C55H33NO. The van der Waals surface area contributed by atoms with Crippen molar-refractivity contribution in [3.05, 3.63) is 222 Å². The number of furan rings is 1. The smallest absolute Gasteiger partial charge is 0.137 e. The molecule has 0 aliphatic heterocycles. The molecule has 10 aromatic carbocycles. The first-order valence-corrected chi connectivity index (χ1v) is 19.8. The maximum absolute atomic E-state index is 6.41. The van der Waals surface area contributed by atoms with Crippen molar-refractivity contribution in [2.24, 2.45) is 0 Å². The number of fused-ring (bicyclic) bond motifs is 20. The second-order valence-electron chi connectivity index (χ2n) is 15.5. The number of benzene rings is 10. The first-order chi connectivity index (χ1) is 28.3. The highest BCUT2D eigenvalue weighted by Crippen LogP contribution is 2.66. The molecule has 0 atom stereocenters. The van der Waals surface area contributed by atoms with Crippen LogP contribution in [0, 0.1) is 0 Å². The second-order valence-corrected chi connectivity index (χ2v) is 15.5. The van der Waals surface area contributed by atoms with Crippen LogP contribution < -0.4 is 4.90 Å². The average molecular weight is 724 g/mol. The van der Waals surface area contributed by atoms with Crippen molar-refractivity contribution in [1.82, 2.24) is 0 Å². The third-order valence-corrected chi connectivity index (χ3v) is 12.8. The molecule has 0 saturated carbocycles. The Labute approximate surface area is 329 Å². The number of hydrogen-bond donors (Lipinski definition) is 0. The molecule has 264 valence electrons. The minimum Gasteiger partial charge on any atom is -0.456 e. The minimum atomic E-state index is -0.511. The van der Waals surface area contributed by atoms with Crippen molar-refractivity contribution >= 4 is 71.3 Å². The van der Waals surface area contributed by atoms with Gasteiger partial charge in [0.15, 0.2) is 0 Å². The number of rotatable bonds is 3. The average Bonchev–Trinajstić information content (AvgIpc) is 3.92. The summed E-state index contributed by atoms with van der Waals surface area (Å²) in [5, 5.41) is 9.91. The Kier molecular flexibility index (Phi) is 6.13. The van der Waals surface area contributed by atoms with E-state index in [0.29, 0.717) is 0 Å². The van der Waals surface area contributed by atoms with Gasteiger partial charge in [-0.2, -0.15) is 0 Å². The van der Waals surface area contributed by atoms with Gasteiger partial charge in [-0.25, -0.2) is 0 Å². The lowest BCUT2D eigenvalue weighted by molar-refractivity contribution is 0.669. The highest BCUT2D eigenvalue weighted by Gasteiger charge is 2.53. The molecule has 0 N–H and O–H groups in total. The van der Waals surface area contributed by atoms with E-state index in [-0.39, 0.29) is 0 Å². The van der Waals surface area contributed by atoms with Crippen LogP contribution in [0.3, 0.4) is 0 Å². The van der Waals surface area contributed by atoms with E-state index in [1.54, 1.807) is 0 Å². The maximum atomic E-state index is 6.41. The molecule has 1 heterocycles. The zero-order valence-electron chi connectivity index (χ0n) is 30.9. The van der Waals surface area contributed by atoms with Gasteiger partial charge in [0, 0.05) is 16.8 Å². The topological polar surface area (TPSA) is 16.4 Å². The fourth-order valence-electron chi connectivity index (χ4n) is 10.7. The quantitative estimate of drug-likeness (QED) is 0.169. The lowest BCUT2D eigenvalue weighted by Crippen LogP contribution is -2.26. The van der Waals surface area contributed by atoms with Gasteiger partial charge in [-0.1, -0.05) is 158 Å². The Bertz CT molecular complexity index is 3440. The van der Waals surface area contributed by atoms with E-state index in [2.05, 4.69) is 199 Å². The summed E-state index contributed by atoms with van der Waals surface area (Å²) in [6.07, 6.45) is 0. The van der Waals surface area contributed by atoms with Crippen molar-refractivity contribution in [3.63, 3.8) is 0 Å². The summed E-state index contributed by atoms with van der Waals surface area (Å²) in [5.74, 6) is 0. The van der Waals surface area contributed by atoms with E-state index in [0.717, 1.165) is 39.0 Å². The van der Waals surface area contributed by atoms with E-state index in [1.807, 2.05) is 6.07 Å². The van der Waals surface area contributed by atoms with Gasteiger partial charge in [0.1, 0.15) is 11.2 Å². The van der Waals surface area contributed by atoms with Crippen LogP contribution in [0.4, 0.5) is 17.1 Å². The predicted molar refractivity (Wildman–Crippen MR) is 237 cm³/mol. The van der Waals surface area contributed by atoms with E-state index in [9.17, 15) is 0 Å². The van der Waals surface area contributed by atoms with E-state index >= 15 is 0 Å². The van der Waals surface area contributed by atoms with Crippen LogP contribution in [0.15, 0.2) is 205 Å². The normalized spacial score (nSPS) is 13.4. The summed E-state index contributed by atoms with van der Waals surface area (Å²) < 4.78 is 6.41. The number of para-hydroxylation sites is 2. The van der Waals surface area contributed by atoms with Crippen LogP contribution >= 0.6 is 0 Å². The fraction of sp³-hybridized carbons (Fsp3) is 0.0182. The highest BCUT2D eigenvalue weighted by atomic mass is 16.3. The van der Waals surface area contributed by atoms with Gasteiger partial charge in [0.2, 0.25) is 0 Å². The van der Waals surface area contributed by atoms with Crippen LogP contribution in [0.25, 0.3) is 76.5 Å². The molecule has 1 spiro atoms. The van der Waals surface area contributed by atoms with E-state index in [4.69, 9.17) is 4.42 Å². The van der Waals surface area contributed by atoms with Gasteiger partial charge >= 0.3 is 0 Å². The van der Waals surface area contributed by atoms with Gasteiger partial charge in [-0.15, -0.1) is 0 Å². The van der Waals surface area contributed by atoms with Gasteiger partial charge in [-0.3, -0.25) is 0 Å². The van der Waals surface area contributed by atoms with Gasteiger partial charge in [0.25, 0.3) is 0 Å². The van der Waals surface area contributed by atoms with Crippen LogP contribution in [-0.2, 0) is 5.41 Å². The molecule has 0 amide bonds. The third kappa shape index (κ3) is 3.94. The molecule has 1 aromatic heterocycles. The predicted octanol–water partition coefficient (Wildman–Crippen LogP) is 14.9. The Morgan fingerprint density at radius 3 is 1.75 bits per heavy atom. The number of hydrogen-bond acceptors (Lipinski definition) is 2. The Balaban J connectivity index is 1.15. The van der Waals surface area contributed by atoms with Crippen molar-refractivity contribution in [3.8, 4) is 22.3 Å². The van der Waals surface area contributed by atoms with Crippen molar-refractivity contribution in [2.45, 2.75) is 5.41 Å².